The first-order valence-electron chi connectivity index (χ1n) is 8.52. The summed E-state index contributed by atoms with van der Waals surface area (Å²) in [5, 5.41) is 8.89. The fourth-order valence-corrected chi connectivity index (χ4v) is 2.15. The number of rotatable bonds is 14. The first-order valence-corrected chi connectivity index (χ1v) is 8.52. The molecule has 1 N–H and O–H groups in total. The van der Waals surface area contributed by atoms with Crippen molar-refractivity contribution in [1.82, 2.24) is 0 Å². The van der Waals surface area contributed by atoms with E-state index in [4.69, 9.17) is 5.11 Å². The number of carbonyl (C=O) groups is 1. The van der Waals surface area contributed by atoms with Gasteiger partial charge in [-0.15, -0.1) is 6.58 Å². The van der Waals surface area contributed by atoms with E-state index in [1.807, 2.05) is 0 Å². The highest BCUT2D eigenvalue weighted by Crippen LogP contribution is 2.13. The standard InChI is InChI=1S/C20H32O2/c1-3-5-6-7-8-9-10-11-12-13-14-15-16-17-18-19(4-2)20(21)22/h4-6,8-9,11-12,19H,2-3,7,10,13-18H2,1H3,(H,21,22)/b6-5-,9-8-,12-11-. The lowest BCUT2D eigenvalue weighted by Crippen LogP contribution is -2.10. The van der Waals surface area contributed by atoms with Crippen molar-refractivity contribution in [2.75, 3.05) is 0 Å². The fraction of sp³-hybridized carbons (Fsp3) is 0.550. The van der Waals surface area contributed by atoms with Crippen molar-refractivity contribution in [3.8, 4) is 0 Å². The molecule has 0 aromatic carbocycles. The van der Waals surface area contributed by atoms with Crippen molar-refractivity contribution in [2.24, 2.45) is 5.92 Å². The molecule has 0 aromatic rings. The predicted molar refractivity (Wildman–Crippen MR) is 96.0 cm³/mol. The maximum atomic E-state index is 10.8. The molecule has 0 aliphatic heterocycles. The molecule has 2 nitrogen and oxygen atoms in total. The Balaban J connectivity index is 3.42. The molecule has 0 radical (unpaired) electrons. The zero-order chi connectivity index (χ0) is 16.5. The van der Waals surface area contributed by atoms with Crippen LogP contribution < -0.4 is 0 Å². The van der Waals surface area contributed by atoms with Gasteiger partial charge in [-0.1, -0.05) is 68.7 Å². The number of carboxylic acids is 1. The second-order valence-electron chi connectivity index (χ2n) is 5.47. The van der Waals surface area contributed by atoms with Gasteiger partial charge in [-0.25, -0.2) is 0 Å². The summed E-state index contributed by atoms with van der Waals surface area (Å²) in [6.45, 7) is 5.71. The largest absolute Gasteiger partial charge is 0.481 e. The third kappa shape index (κ3) is 13.4. The van der Waals surface area contributed by atoms with Crippen LogP contribution in [0.15, 0.2) is 49.1 Å². The second-order valence-corrected chi connectivity index (χ2v) is 5.47. The molecule has 0 aliphatic rings. The van der Waals surface area contributed by atoms with Crippen LogP contribution in [0.3, 0.4) is 0 Å². The van der Waals surface area contributed by atoms with Gasteiger partial charge in [-0.2, -0.15) is 0 Å². The first kappa shape index (κ1) is 20.4. The molecule has 0 saturated heterocycles. The zero-order valence-electron chi connectivity index (χ0n) is 14.0. The van der Waals surface area contributed by atoms with Gasteiger partial charge in [-0.05, 0) is 38.5 Å². The first-order chi connectivity index (χ1) is 10.7. The summed E-state index contributed by atoms with van der Waals surface area (Å²) in [5.74, 6) is -1.13. The van der Waals surface area contributed by atoms with Crippen molar-refractivity contribution >= 4 is 5.97 Å². The molecular weight excluding hydrogens is 272 g/mol. The molecule has 0 amide bonds. The fourth-order valence-electron chi connectivity index (χ4n) is 2.15. The van der Waals surface area contributed by atoms with Crippen molar-refractivity contribution in [3.05, 3.63) is 49.1 Å². The minimum absolute atomic E-state index is 0.376. The molecule has 0 rings (SSSR count). The minimum Gasteiger partial charge on any atom is -0.481 e. The molecule has 0 spiro atoms. The number of unbranched alkanes of at least 4 members (excludes halogenated alkanes) is 4. The number of carboxylic acid groups (broad SMARTS) is 1. The summed E-state index contributed by atoms with van der Waals surface area (Å²) in [5.41, 5.74) is 0. The summed E-state index contributed by atoms with van der Waals surface area (Å²) >= 11 is 0. The topological polar surface area (TPSA) is 37.3 Å². The summed E-state index contributed by atoms with van der Waals surface area (Å²) in [6, 6.07) is 0. The van der Waals surface area contributed by atoms with Crippen LogP contribution in [0.2, 0.25) is 0 Å². The van der Waals surface area contributed by atoms with E-state index in [0.717, 1.165) is 38.5 Å². The molecule has 1 atom stereocenters. The van der Waals surface area contributed by atoms with E-state index in [0.29, 0.717) is 6.42 Å². The Hall–Kier alpha value is -1.57. The number of allylic oxidation sites excluding steroid dienone is 6. The van der Waals surface area contributed by atoms with E-state index < -0.39 is 5.97 Å². The molecule has 0 saturated carbocycles. The Morgan fingerprint density at radius 1 is 0.955 bits per heavy atom. The van der Waals surface area contributed by atoms with Crippen molar-refractivity contribution in [2.45, 2.75) is 64.7 Å². The minimum atomic E-state index is -0.754. The molecule has 0 aliphatic carbocycles. The number of hydrogen-bond acceptors (Lipinski definition) is 1. The van der Waals surface area contributed by atoms with Crippen LogP contribution in [-0.2, 0) is 4.79 Å². The lowest BCUT2D eigenvalue weighted by molar-refractivity contribution is -0.140. The number of aliphatic carboxylic acids is 1. The van der Waals surface area contributed by atoms with Crippen molar-refractivity contribution < 1.29 is 9.90 Å². The SMILES string of the molecule is C=CC(CCCCCC/C=C\C/C=C\C/C=C\CC)C(=O)O. The Labute approximate surface area is 136 Å². The summed E-state index contributed by atoms with van der Waals surface area (Å²) < 4.78 is 0. The van der Waals surface area contributed by atoms with E-state index in [2.05, 4.69) is 50.0 Å². The van der Waals surface area contributed by atoms with Crippen LogP contribution >= 0.6 is 0 Å². The molecule has 124 valence electrons. The molecule has 22 heavy (non-hydrogen) atoms. The van der Waals surface area contributed by atoms with Gasteiger partial charge in [0, 0.05) is 0 Å². The van der Waals surface area contributed by atoms with E-state index >= 15 is 0 Å². The third-order valence-electron chi connectivity index (χ3n) is 3.52. The van der Waals surface area contributed by atoms with Gasteiger partial charge in [-0.3, -0.25) is 4.79 Å². The highest BCUT2D eigenvalue weighted by Gasteiger charge is 2.11. The van der Waals surface area contributed by atoms with Crippen LogP contribution in [0.4, 0.5) is 0 Å². The highest BCUT2D eigenvalue weighted by molar-refractivity contribution is 5.71. The summed E-state index contributed by atoms with van der Waals surface area (Å²) in [6.07, 6.45) is 24.2. The van der Waals surface area contributed by atoms with Gasteiger partial charge in [0.05, 0.1) is 5.92 Å². The monoisotopic (exact) mass is 304 g/mol. The molecule has 2 heteroatoms. The van der Waals surface area contributed by atoms with Crippen LogP contribution in [0, 0.1) is 5.92 Å². The second kappa shape index (κ2) is 15.8. The van der Waals surface area contributed by atoms with Crippen molar-refractivity contribution in [3.63, 3.8) is 0 Å². The van der Waals surface area contributed by atoms with Crippen LogP contribution in [0.25, 0.3) is 0 Å². The third-order valence-corrected chi connectivity index (χ3v) is 3.52. The van der Waals surface area contributed by atoms with Gasteiger partial charge < -0.3 is 5.11 Å². The lowest BCUT2D eigenvalue weighted by Gasteiger charge is -2.06. The Kier molecular flexibility index (Phi) is 14.7. The zero-order valence-corrected chi connectivity index (χ0v) is 14.0. The quantitative estimate of drug-likeness (QED) is 0.312. The van der Waals surface area contributed by atoms with E-state index in [1.54, 1.807) is 0 Å². The summed E-state index contributed by atoms with van der Waals surface area (Å²) in [4.78, 5) is 10.8. The Bertz CT molecular complexity index is 364. The molecule has 0 aromatic heterocycles. The predicted octanol–water partition coefficient (Wildman–Crippen LogP) is 6.07. The normalized spacial score (nSPS) is 13.3. The van der Waals surface area contributed by atoms with Gasteiger partial charge in [0.15, 0.2) is 0 Å². The number of hydrogen-bond donors (Lipinski definition) is 1. The molecule has 1 unspecified atom stereocenters. The van der Waals surface area contributed by atoms with E-state index in [9.17, 15) is 4.79 Å². The summed E-state index contributed by atoms with van der Waals surface area (Å²) in [7, 11) is 0. The van der Waals surface area contributed by atoms with Gasteiger partial charge >= 0.3 is 5.97 Å². The van der Waals surface area contributed by atoms with E-state index in [-0.39, 0.29) is 5.92 Å². The molecular formula is C20H32O2. The van der Waals surface area contributed by atoms with Gasteiger partial charge in [0.25, 0.3) is 0 Å². The van der Waals surface area contributed by atoms with E-state index in [1.165, 1.54) is 18.9 Å². The maximum Gasteiger partial charge on any atom is 0.310 e. The highest BCUT2D eigenvalue weighted by atomic mass is 16.4. The lowest BCUT2D eigenvalue weighted by atomic mass is 10.0. The van der Waals surface area contributed by atoms with Crippen LogP contribution in [0.1, 0.15) is 64.7 Å². The van der Waals surface area contributed by atoms with Crippen LogP contribution in [-0.4, -0.2) is 11.1 Å². The Morgan fingerprint density at radius 3 is 2.14 bits per heavy atom. The molecule has 0 fully saturated rings. The smallest absolute Gasteiger partial charge is 0.310 e. The van der Waals surface area contributed by atoms with Crippen LogP contribution in [0.5, 0.6) is 0 Å². The molecule has 0 bridgehead atoms. The molecule has 0 heterocycles. The average molecular weight is 304 g/mol. The Morgan fingerprint density at radius 2 is 1.55 bits per heavy atom. The van der Waals surface area contributed by atoms with Gasteiger partial charge in [0.2, 0.25) is 0 Å². The van der Waals surface area contributed by atoms with Crippen molar-refractivity contribution in [1.29, 1.82) is 0 Å². The maximum absolute atomic E-state index is 10.8. The average Bonchev–Trinajstić information content (AvgIpc) is 2.51. The van der Waals surface area contributed by atoms with Gasteiger partial charge in [0.1, 0.15) is 0 Å².